The van der Waals surface area contributed by atoms with Crippen LogP contribution in [0, 0.1) is 6.92 Å². The molecule has 2 atom stereocenters. The first-order valence-electron chi connectivity index (χ1n) is 6.34. The van der Waals surface area contributed by atoms with E-state index in [4.69, 9.17) is 10.5 Å². The molecule has 106 valence electrons. The first-order valence-corrected chi connectivity index (χ1v) is 7.83. The van der Waals surface area contributed by atoms with Gasteiger partial charge in [0.25, 0.3) is 0 Å². The lowest BCUT2D eigenvalue weighted by Gasteiger charge is -2.19. The van der Waals surface area contributed by atoms with Crippen molar-refractivity contribution in [1.29, 1.82) is 0 Å². The molecule has 2 unspecified atom stereocenters. The van der Waals surface area contributed by atoms with Gasteiger partial charge in [0.2, 0.25) is 10.0 Å². The maximum Gasteiger partial charge on any atom is 0.240 e. The third-order valence-corrected chi connectivity index (χ3v) is 4.91. The van der Waals surface area contributed by atoms with E-state index in [9.17, 15) is 8.42 Å². The number of rotatable bonds is 4. The molecule has 1 aromatic carbocycles. The fraction of sp³-hybridized carbons (Fsp3) is 0.538. The van der Waals surface area contributed by atoms with E-state index in [-0.39, 0.29) is 17.0 Å². The van der Waals surface area contributed by atoms with Gasteiger partial charge in [0, 0.05) is 18.8 Å². The van der Waals surface area contributed by atoms with Gasteiger partial charge < -0.3 is 10.5 Å². The molecule has 3 N–H and O–H groups in total. The Morgan fingerprint density at radius 3 is 2.68 bits per heavy atom. The van der Waals surface area contributed by atoms with Crippen molar-refractivity contribution in [3.05, 3.63) is 23.8 Å². The van der Waals surface area contributed by atoms with Gasteiger partial charge in [-0.1, -0.05) is 0 Å². The van der Waals surface area contributed by atoms with Crippen molar-refractivity contribution in [1.82, 2.24) is 4.72 Å². The van der Waals surface area contributed by atoms with Crippen molar-refractivity contribution in [2.45, 2.75) is 43.2 Å². The number of hydrogen-bond acceptors (Lipinski definition) is 4. The van der Waals surface area contributed by atoms with Crippen molar-refractivity contribution < 1.29 is 13.2 Å². The van der Waals surface area contributed by atoms with E-state index in [0.717, 1.165) is 24.8 Å². The molecule has 1 aromatic rings. The van der Waals surface area contributed by atoms with Crippen LogP contribution in [0.4, 0.5) is 5.69 Å². The van der Waals surface area contributed by atoms with E-state index in [2.05, 4.69) is 4.72 Å². The number of nitrogen functional groups attached to an aromatic ring is 1. The summed E-state index contributed by atoms with van der Waals surface area (Å²) in [7, 11) is -1.93. The number of benzene rings is 1. The second kappa shape index (κ2) is 5.48. The van der Waals surface area contributed by atoms with Gasteiger partial charge in [-0.3, -0.25) is 0 Å². The maximum absolute atomic E-state index is 12.3. The highest BCUT2D eigenvalue weighted by atomic mass is 32.2. The van der Waals surface area contributed by atoms with E-state index in [0.29, 0.717) is 5.69 Å². The van der Waals surface area contributed by atoms with Crippen molar-refractivity contribution in [3.63, 3.8) is 0 Å². The quantitative estimate of drug-likeness (QED) is 0.819. The zero-order valence-corrected chi connectivity index (χ0v) is 12.0. The van der Waals surface area contributed by atoms with Gasteiger partial charge in [-0.25, -0.2) is 13.1 Å². The highest BCUT2D eigenvalue weighted by Crippen LogP contribution is 2.24. The molecular formula is C13H20N2O3S. The Hall–Kier alpha value is -1.11. The molecule has 1 saturated carbocycles. The van der Waals surface area contributed by atoms with E-state index in [1.54, 1.807) is 19.2 Å². The highest BCUT2D eigenvalue weighted by molar-refractivity contribution is 7.89. The number of anilines is 1. The van der Waals surface area contributed by atoms with Crippen molar-refractivity contribution in [2.24, 2.45) is 0 Å². The van der Waals surface area contributed by atoms with Gasteiger partial charge in [-0.2, -0.15) is 0 Å². The van der Waals surface area contributed by atoms with Gasteiger partial charge in [0.15, 0.2) is 0 Å². The Bertz CT molecular complexity index is 537. The number of aryl methyl sites for hydroxylation is 1. The van der Waals surface area contributed by atoms with Crippen LogP contribution >= 0.6 is 0 Å². The first-order chi connectivity index (χ1) is 8.92. The summed E-state index contributed by atoms with van der Waals surface area (Å²) in [5.74, 6) is 0. The minimum Gasteiger partial charge on any atom is -0.399 e. The smallest absolute Gasteiger partial charge is 0.240 e. The van der Waals surface area contributed by atoms with Crippen molar-refractivity contribution >= 4 is 15.7 Å². The Kier molecular flexibility index (Phi) is 4.13. The number of sulfonamides is 1. The van der Waals surface area contributed by atoms with Crippen LogP contribution in [0.3, 0.4) is 0 Å². The molecule has 2 rings (SSSR count). The van der Waals surface area contributed by atoms with E-state index in [1.807, 2.05) is 6.92 Å². The van der Waals surface area contributed by atoms with E-state index in [1.165, 1.54) is 6.07 Å². The summed E-state index contributed by atoms with van der Waals surface area (Å²) in [6, 6.07) is 4.69. The maximum atomic E-state index is 12.3. The molecule has 0 radical (unpaired) electrons. The molecule has 1 aliphatic rings. The summed E-state index contributed by atoms with van der Waals surface area (Å²) < 4.78 is 32.7. The third-order valence-electron chi connectivity index (χ3n) is 3.45. The highest BCUT2D eigenvalue weighted by Gasteiger charge is 2.31. The van der Waals surface area contributed by atoms with Crippen molar-refractivity contribution in [2.75, 3.05) is 12.8 Å². The molecule has 0 spiro atoms. The van der Waals surface area contributed by atoms with Crippen LogP contribution in [-0.2, 0) is 14.8 Å². The Labute approximate surface area is 114 Å². The lowest BCUT2D eigenvalue weighted by Crippen LogP contribution is -2.40. The second-order valence-electron chi connectivity index (χ2n) is 5.01. The zero-order chi connectivity index (χ0) is 14.0. The van der Waals surface area contributed by atoms with E-state index >= 15 is 0 Å². The van der Waals surface area contributed by atoms with Gasteiger partial charge in [0.1, 0.15) is 0 Å². The van der Waals surface area contributed by atoms with Crippen LogP contribution in [0.2, 0.25) is 0 Å². The lowest BCUT2D eigenvalue weighted by atomic mass is 10.2. The second-order valence-corrected chi connectivity index (χ2v) is 6.73. The molecule has 1 aliphatic carbocycles. The standard InChI is InChI=1S/C13H20N2O3S/c1-9-6-10(14)8-11(7-9)19(16,17)15-12-4-3-5-13(12)18-2/h6-8,12-13,15H,3-5,14H2,1-2H3. The number of ether oxygens (including phenoxy) is 1. The lowest BCUT2D eigenvalue weighted by molar-refractivity contribution is 0.0916. The Morgan fingerprint density at radius 1 is 1.32 bits per heavy atom. The molecule has 0 aromatic heterocycles. The SMILES string of the molecule is COC1CCCC1NS(=O)(=O)c1cc(C)cc(N)c1. The fourth-order valence-electron chi connectivity index (χ4n) is 2.54. The predicted octanol–water partition coefficient (Wildman–Crippen LogP) is 1.42. The molecule has 1 fully saturated rings. The first kappa shape index (κ1) is 14.3. The fourth-order valence-corrected chi connectivity index (χ4v) is 3.98. The van der Waals surface area contributed by atoms with Gasteiger partial charge in [-0.05, 0) is 49.9 Å². The Morgan fingerprint density at radius 2 is 2.05 bits per heavy atom. The summed E-state index contributed by atoms with van der Waals surface area (Å²) in [5, 5.41) is 0. The Balaban J connectivity index is 2.22. The largest absolute Gasteiger partial charge is 0.399 e. The minimum atomic E-state index is -3.54. The average Bonchev–Trinajstić information content (AvgIpc) is 2.74. The van der Waals surface area contributed by atoms with Crippen LogP contribution in [0.1, 0.15) is 24.8 Å². The molecule has 0 heterocycles. The normalized spacial score (nSPS) is 23.7. The summed E-state index contributed by atoms with van der Waals surface area (Å²) in [6.45, 7) is 1.82. The molecule has 5 nitrogen and oxygen atoms in total. The average molecular weight is 284 g/mol. The summed E-state index contributed by atoms with van der Waals surface area (Å²) >= 11 is 0. The molecule has 6 heteroatoms. The molecule has 0 bridgehead atoms. The van der Waals surface area contributed by atoms with Crippen LogP contribution in [0.15, 0.2) is 23.1 Å². The molecule has 0 aliphatic heterocycles. The summed E-state index contributed by atoms with van der Waals surface area (Å²) in [4.78, 5) is 0.215. The number of nitrogens with two attached hydrogens (primary N) is 1. The van der Waals surface area contributed by atoms with Crippen LogP contribution in [-0.4, -0.2) is 27.7 Å². The zero-order valence-electron chi connectivity index (χ0n) is 11.2. The molecular weight excluding hydrogens is 264 g/mol. The monoisotopic (exact) mass is 284 g/mol. The van der Waals surface area contributed by atoms with Crippen LogP contribution in [0.25, 0.3) is 0 Å². The third kappa shape index (κ3) is 3.26. The summed E-state index contributed by atoms with van der Waals surface area (Å²) in [5.41, 5.74) is 6.98. The predicted molar refractivity (Wildman–Crippen MR) is 74.3 cm³/mol. The van der Waals surface area contributed by atoms with Gasteiger partial charge in [-0.15, -0.1) is 0 Å². The molecule has 0 saturated heterocycles. The number of nitrogens with one attached hydrogen (secondary N) is 1. The van der Waals surface area contributed by atoms with Crippen molar-refractivity contribution in [3.8, 4) is 0 Å². The van der Waals surface area contributed by atoms with Crippen LogP contribution in [0.5, 0.6) is 0 Å². The minimum absolute atomic E-state index is 0.0445. The summed E-state index contributed by atoms with van der Waals surface area (Å²) in [6.07, 6.45) is 2.62. The topological polar surface area (TPSA) is 81.4 Å². The van der Waals surface area contributed by atoms with Gasteiger partial charge >= 0.3 is 0 Å². The van der Waals surface area contributed by atoms with Gasteiger partial charge in [0.05, 0.1) is 11.0 Å². The molecule has 19 heavy (non-hydrogen) atoms. The van der Waals surface area contributed by atoms with E-state index < -0.39 is 10.0 Å². The number of hydrogen-bond donors (Lipinski definition) is 2. The number of methoxy groups -OCH3 is 1. The molecule has 0 amide bonds. The van der Waals surface area contributed by atoms with Crippen LogP contribution < -0.4 is 10.5 Å².